The van der Waals surface area contributed by atoms with Gasteiger partial charge in [0.1, 0.15) is 5.75 Å². The third kappa shape index (κ3) is 3.95. The van der Waals surface area contributed by atoms with E-state index in [0.29, 0.717) is 6.54 Å². The van der Waals surface area contributed by atoms with Gasteiger partial charge in [0, 0.05) is 23.3 Å². The van der Waals surface area contributed by atoms with Crippen molar-refractivity contribution in [3.63, 3.8) is 0 Å². The van der Waals surface area contributed by atoms with E-state index in [1.165, 1.54) is 11.3 Å². The second-order valence-corrected chi connectivity index (χ2v) is 5.80. The number of benzene rings is 1. The molecule has 0 atom stereocenters. The number of nitrogens with zero attached hydrogens (tertiary/aromatic N) is 4. The Labute approximate surface area is 138 Å². The van der Waals surface area contributed by atoms with Gasteiger partial charge < -0.3 is 4.74 Å². The van der Waals surface area contributed by atoms with Gasteiger partial charge in [-0.15, -0.1) is 11.3 Å². The number of hydrazone groups is 1. The number of anilines is 1. The Morgan fingerprint density at radius 3 is 3.04 bits per heavy atom. The molecule has 0 saturated heterocycles. The average molecular weight is 327 g/mol. The summed E-state index contributed by atoms with van der Waals surface area (Å²) in [6.07, 6.45) is 5.45. The summed E-state index contributed by atoms with van der Waals surface area (Å²) in [7, 11) is 1.67. The third-order valence-corrected chi connectivity index (χ3v) is 4.05. The molecule has 3 rings (SSSR count). The fraction of sp³-hybridized carbons (Fsp3) is 0.188. The van der Waals surface area contributed by atoms with Crippen molar-refractivity contribution in [2.45, 2.75) is 13.5 Å². The van der Waals surface area contributed by atoms with Crippen molar-refractivity contribution in [1.29, 1.82) is 0 Å². The normalized spacial score (nSPS) is 11.0. The number of thiazole rings is 1. The second-order valence-electron chi connectivity index (χ2n) is 4.94. The quantitative estimate of drug-likeness (QED) is 0.558. The molecule has 23 heavy (non-hydrogen) atoms. The highest BCUT2D eigenvalue weighted by molar-refractivity contribution is 7.13. The van der Waals surface area contributed by atoms with Crippen molar-refractivity contribution in [2.75, 3.05) is 12.5 Å². The maximum absolute atomic E-state index is 5.42. The lowest BCUT2D eigenvalue weighted by atomic mass is 10.1. The van der Waals surface area contributed by atoms with Crippen LogP contribution in [0, 0.1) is 6.92 Å². The van der Waals surface area contributed by atoms with Gasteiger partial charge in [0.25, 0.3) is 0 Å². The van der Waals surface area contributed by atoms with Crippen molar-refractivity contribution in [1.82, 2.24) is 14.8 Å². The smallest absolute Gasteiger partial charge is 0.203 e. The standard InChI is InChI=1S/C16H17N5OS/c1-12-11-23-16(19-12)20-17-9-13-4-5-15(22-2)14(8-13)10-21-7-3-6-18-21/h3-9,11H,10H2,1-2H3,(H,19,20). The molecule has 7 heteroatoms. The second kappa shape index (κ2) is 7.06. The lowest BCUT2D eigenvalue weighted by Crippen LogP contribution is -2.03. The Morgan fingerprint density at radius 2 is 2.35 bits per heavy atom. The lowest BCUT2D eigenvalue weighted by molar-refractivity contribution is 0.407. The molecule has 118 valence electrons. The highest BCUT2D eigenvalue weighted by Gasteiger charge is 2.05. The Hall–Kier alpha value is -2.67. The van der Waals surface area contributed by atoms with Crippen LogP contribution in [0.25, 0.3) is 0 Å². The molecule has 0 spiro atoms. The average Bonchev–Trinajstić information content (AvgIpc) is 3.20. The van der Waals surface area contributed by atoms with E-state index in [1.807, 2.05) is 47.4 Å². The number of hydrogen-bond donors (Lipinski definition) is 1. The van der Waals surface area contributed by atoms with Crippen LogP contribution in [-0.2, 0) is 6.54 Å². The minimum absolute atomic E-state index is 0.650. The Bertz CT molecular complexity index is 795. The molecular weight excluding hydrogens is 310 g/mol. The summed E-state index contributed by atoms with van der Waals surface area (Å²) in [5.74, 6) is 0.834. The van der Waals surface area contributed by atoms with Crippen molar-refractivity contribution in [3.8, 4) is 5.75 Å². The van der Waals surface area contributed by atoms with Gasteiger partial charge in [-0.2, -0.15) is 10.2 Å². The molecule has 1 N–H and O–H groups in total. The van der Waals surface area contributed by atoms with Crippen LogP contribution >= 0.6 is 11.3 Å². The summed E-state index contributed by atoms with van der Waals surface area (Å²) < 4.78 is 7.27. The zero-order chi connectivity index (χ0) is 16.1. The van der Waals surface area contributed by atoms with E-state index in [2.05, 4.69) is 20.6 Å². The predicted molar refractivity (Wildman–Crippen MR) is 92.4 cm³/mol. The lowest BCUT2D eigenvalue weighted by Gasteiger charge is -2.09. The Kier molecular flexibility index (Phi) is 4.68. The topological polar surface area (TPSA) is 64.3 Å². The minimum atomic E-state index is 0.650. The number of methoxy groups -OCH3 is 1. The van der Waals surface area contributed by atoms with Crippen LogP contribution in [0.1, 0.15) is 16.8 Å². The van der Waals surface area contributed by atoms with Crippen LogP contribution in [0.5, 0.6) is 5.75 Å². The SMILES string of the molecule is COc1ccc(C=NNc2nc(C)cs2)cc1Cn1cccn1. The fourth-order valence-corrected chi connectivity index (χ4v) is 2.78. The summed E-state index contributed by atoms with van der Waals surface area (Å²) in [6.45, 7) is 2.60. The van der Waals surface area contributed by atoms with Crippen LogP contribution in [0.4, 0.5) is 5.13 Å². The fourth-order valence-electron chi connectivity index (χ4n) is 2.14. The molecule has 0 aliphatic carbocycles. The first-order chi connectivity index (χ1) is 11.2. The van der Waals surface area contributed by atoms with Crippen LogP contribution in [-0.4, -0.2) is 28.1 Å². The summed E-state index contributed by atoms with van der Waals surface area (Å²) >= 11 is 1.53. The molecule has 0 saturated carbocycles. The highest BCUT2D eigenvalue weighted by atomic mass is 32.1. The van der Waals surface area contributed by atoms with Crippen molar-refractivity contribution >= 4 is 22.7 Å². The number of ether oxygens (including phenoxy) is 1. The van der Waals surface area contributed by atoms with E-state index in [1.54, 1.807) is 19.5 Å². The number of nitrogens with one attached hydrogen (secondary N) is 1. The molecule has 0 aliphatic heterocycles. The van der Waals surface area contributed by atoms with Gasteiger partial charge in [-0.05, 0) is 36.8 Å². The third-order valence-electron chi connectivity index (χ3n) is 3.19. The molecule has 2 heterocycles. The number of aromatic nitrogens is 3. The summed E-state index contributed by atoms with van der Waals surface area (Å²) in [6, 6.07) is 7.84. The molecule has 0 radical (unpaired) electrons. The van der Waals surface area contributed by atoms with E-state index in [9.17, 15) is 0 Å². The largest absolute Gasteiger partial charge is 0.496 e. The molecular formula is C16H17N5OS. The predicted octanol–water partition coefficient (Wildman–Crippen LogP) is 3.15. The number of rotatable bonds is 6. The molecule has 0 bridgehead atoms. The summed E-state index contributed by atoms with van der Waals surface area (Å²) in [5.41, 5.74) is 5.95. The molecule has 0 fully saturated rings. The van der Waals surface area contributed by atoms with Gasteiger partial charge in [0.15, 0.2) is 0 Å². The molecule has 2 aromatic heterocycles. The molecule has 0 unspecified atom stereocenters. The number of hydrogen-bond acceptors (Lipinski definition) is 6. The maximum atomic E-state index is 5.42. The van der Waals surface area contributed by atoms with Crippen molar-refractivity contribution < 1.29 is 4.74 Å². The first kappa shape index (κ1) is 15.2. The first-order valence-corrected chi connectivity index (χ1v) is 7.98. The van der Waals surface area contributed by atoms with Crippen LogP contribution in [0.3, 0.4) is 0 Å². The van der Waals surface area contributed by atoms with E-state index in [4.69, 9.17) is 4.74 Å². The van der Waals surface area contributed by atoms with Gasteiger partial charge in [0.2, 0.25) is 5.13 Å². The molecule has 0 amide bonds. The minimum Gasteiger partial charge on any atom is -0.496 e. The van der Waals surface area contributed by atoms with Gasteiger partial charge in [-0.25, -0.2) is 4.98 Å². The highest BCUT2D eigenvalue weighted by Crippen LogP contribution is 2.20. The van der Waals surface area contributed by atoms with Gasteiger partial charge >= 0.3 is 0 Å². The first-order valence-electron chi connectivity index (χ1n) is 7.10. The van der Waals surface area contributed by atoms with Crippen LogP contribution < -0.4 is 10.2 Å². The van der Waals surface area contributed by atoms with Crippen LogP contribution in [0.15, 0.2) is 47.1 Å². The van der Waals surface area contributed by atoms with Crippen molar-refractivity contribution in [3.05, 3.63) is 58.9 Å². The zero-order valence-corrected chi connectivity index (χ0v) is 13.7. The molecule has 0 aliphatic rings. The molecule has 6 nitrogen and oxygen atoms in total. The molecule has 1 aromatic carbocycles. The van der Waals surface area contributed by atoms with Gasteiger partial charge in [0.05, 0.1) is 25.6 Å². The van der Waals surface area contributed by atoms with Crippen molar-refractivity contribution in [2.24, 2.45) is 5.10 Å². The zero-order valence-electron chi connectivity index (χ0n) is 12.9. The number of aryl methyl sites for hydroxylation is 1. The summed E-state index contributed by atoms with van der Waals surface area (Å²) in [4.78, 5) is 4.30. The van der Waals surface area contributed by atoms with Crippen LogP contribution in [0.2, 0.25) is 0 Å². The molecule has 3 aromatic rings. The summed E-state index contributed by atoms with van der Waals surface area (Å²) in [5, 5.41) is 11.2. The van der Waals surface area contributed by atoms with E-state index in [0.717, 1.165) is 27.7 Å². The monoisotopic (exact) mass is 327 g/mol. The van der Waals surface area contributed by atoms with E-state index < -0.39 is 0 Å². The Balaban J connectivity index is 1.74. The Morgan fingerprint density at radius 1 is 1.43 bits per heavy atom. The van der Waals surface area contributed by atoms with Gasteiger partial charge in [-0.1, -0.05) is 0 Å². The van der Waals surface area contributed by atoms with E-state index >= 15 is 0 Å². The van der Waals surface area contributed by atoms with Gasteiger partial charge in [-0.3, -0.25) is 10.1 Å². The maximum Gasteiger partial charge on any atom is 0.203 e. The van der Waals surface area contributed by atoms with E-state index in [-0.39, 0.29) is 0 Å².